The summed E-state index contributed by atoms with van der Waals surface area (Å²) in [6.07, 6.45) is 7.17. The Kier molecular flexibility index (Phi) is 5.12. The highest BCUT2D eigenvalue weighted by Gasteiger charge is 2.44. The summed E-state index contributed by atoms with van der Waals surface area (Å²) in [6.45, 7) is 0.492. The number of benzene rings is 2. The lowest BCUT2D eigenvalue weighted by atomic mass is 9.96. The zero-order valence-electron chi connectivity index (χ0n) is 14.2. The van der Waals surface area contributed by atoms with Gasteiger partial charge in [-0.05, 0) is 42.7 Å². The first-order valence-electron chi connectivity index (χ1n) is 8.34. The van der Waals surface area contributed by atoms with Crippen LogP contribution in [0.1, 0.15) is 28.8 Å². The molecule has 0 saturated heterocycles. The molecule has 0 unspecified atom stereocenters. The van der Waals surface area contributed by atoms with Crippen LogP contribution in [0.3, 0.4) is 0 Å². The van der Waals surface area contributed by atoms with Crippen LogP contribution in [0, 0.1) is 12.3 Å². The van der Waals surface area contributed by atoms with Crippen molar-refractivity contribution < 1.29 is 13.2 Å². The summed E-state index contributed by atoms with van der Waals surface area (Å²) in [5.41, 5.74) is 1.69. The lowest BCUT2D eigenvalue weighted by molar-refractivity contribution is 0.0949. The van der Waals surface area contributed by atoms with Crippen LogP contribution in [-0.4, -0.2) is 27.4 Å². The molecule has 0 aromatic heterocycles. The first kappa shape index (κ1) is 18.2. The van der Waals surface area contributed by atoms with Gasteiger partial charge in [0.2, 0.25) is 10.0 Å². The van der Waals surface area contributed by atoms with Gasteiger partial charge in [-0.25, -0.2) is 8.42 Å². The van der Waals surface area contributed by atoms with Crippen LogP contribution in [-0.2, 0) is 15.4 Å². The fourth-order valence-corrected chi connectivity index (χ4v) is 3.80. The number of hydrogen-bond acceptors (Lipinski definition) is 3. The van der Waals surface area contributed by atoms with Crippen molar-refractivity contribution in [3.8, 4) is 12.3 Å². The van der Waals surface area contributed by atoms with Gasteiger partial charge in [0.05, 0.1) is 11.4 Å². The van der Waals surface area contributed by atoms with E-state index in [2.05, 4.69) is 28.1 Å². The van der Waals surface area contributed by atoms with Crippen molar-refractivity contribution in [1.82, 2.24) is 10.0 Å². The van der Waals surface area contributed by atoms with Crippen LogP contribution in [0.4, 0.5) is 0 Å². The Labute approximate surface area is 153 Å². The van der Waals surface area contributed by atoms with E-state index in [9.17, 15) is 13.2 Å². The summed E-state index contributed by atoms with van der Waals surface area (Å²) in [4.78, 5) is 12.5. The van der Waals surface area contributed by atoms with E-state index in [1.54, 1.807) is 0 Å². The fourth-order valence-electron chi connectivity index (χ4n) is 2.87. The summed E-state index contributed by atoms with van der Waals surface area (Å²) in [6, 6.07) is 16.0. The van der Waals surface area contributed by atoms with Crippen LogP contribution in [0.25, 0.3) is 0 Å². The smallest absolute Gasteiger partial charge is 0.251 e. The topological polar surface area (TPSA) is 75.3 Å². The third kappa shape index (κ3) is 3.96. The third-order valence-electron chi connectivity index (χ3n) is 4.62. The molecule has 134 valence electrons. The van der Waals surface area contributed by atoms with Gasteiger partial charge in [0.1, 0.15) is 0 Å². The molecule has 0 atom stereocenters. The molecule has 26 heavy (non-hydrogen) atoms. The molecule has 5 nitrogen and oxygen atoms in total. The predicted octanol–water partition coefficient (Wildman–Crippen LogP) is 2.06. The number of terminal acetylenes is 1. The summed E-state index contributed by atoms with van der Waals surface area (Å²) in [5.74, 6) is 2.00. The van der Waals surface area contributed by atoms with Crippen molar-refractivity contribution in [2.75, 3.05) is 13.1 Å². The first-order valence-corrected chi connectivity index (χ1v) is 9.82. The van der Waals surface area contributed by atoms with Gasteiger partial charge < -0.3 is 5.32 Å². The molecule has 0 heterocycles. The highest BCUT2D eigenvalue weighted by molar-refractivity contribution is 7.89. The molecule has 0 radical (unpaired) electrons. The number of nitrogens with one attached hydrogen (secondary N) is 2. The molecule has 1 fully saturated rings. The standard InChI is InChI=1S/C20H20N2O3S/c1-2-14-22-26(24,25)18-10-8-16(9-11-18)19(23)21-15-20(12-13-20)17-6-4-3-5-7-17/h1,3-11,22H,12-15H2,(H,21,23). The molecular formula is C20H20N2O3S. The number of amides is 1. The van der Waals surface area contributed by atoms with Gasteiger partial charge in [-0.2, -0.15) is 4.72 Å². The molecule has 1 aliphatic rings. The fraction of sp³-hybridized carbons (Fsp3) is 0.250. The van der Waals surface area contributed by atoms with E-state index < -0.39 is 10.0 Å². The van der Waals surface area contributed by atoms with Crippen molar-refractivity contribution in [3.63, 3.8) is 0 Å². The van der Waals surface area contributed by atoms with E-state index in [4.69, 9.17) is 6.42 Å². The van der Waals surface area contributed by atoms with Crippen molar-refractivity contribution in [2.45, 2.75) is 23.2 Å². The predicted molar refractivity (Wildman–Crippen MR) is 100 cm³/mol. The Morgan fingerprint density at radius 2 is 1.73 bits per heavy atom. The number of rotatable bonds is 7. The van der Waals surface area contributed by atoms with Gasteiger partial charge in [0.15, 0.2) is 0 Å². The average Bonchev–Trinajstić information content (AvgIpc) is 3.46. The van der Waals surface area contributed by atoms with Crippen LogP contribution in [0.5, 0.6) is 0 Å². The highest BCUT2D eigenvalue weighted by Crippen LogP contribution is 2.47. The van der Waals surface area contributed by atoms with Gasteiger partial charge >= 0.3 is 0 Å². The quantitative estimate of drug-likeness (QED) is 0.735. The number of hydrogen-bond donors (Lipinski definition) is 2. The lowest BCUT2D eigenvalue weighted by Gasteiger charge is -2.16. The number of sulfonamides is 1. The SMILES string of the molecule is C#CCNS(=O)(=O)c1ccc(C(=O)NCC2(c3ccccc3)CC2)cc1. The van der Waals surface area contributed by atoms with E-state index in [0.29, 0.717) is 12.1 Å². The average molecular weight is 368 g/mol. The molecule has 2 aromatic rings. The maximum atomic E-state index is 12.4. The van der Waals surface area contributed by atoms with Crippen molar-refractivity contribution in [1.29, 1.82) is 0 Å². The normalized spacial score (nSPS) is 15.0. The molecule has 3 rings (SSSR count). The Morgan fingerprint density at radius 3 is 2.31 bits per heavy atom. The molecule has 1 saturated carbocycles. The third-order valence-corrected chi connectivity index (χ3v) is 6.04. The largest absolute Gasteiger partial charge is 0.351 e. The monoisotopic (exact) mass is 368 g/mol. The lowest BCUT2D eigenvalue weighted by Crippen LogP contribution is -2.32. The minimum absolute atomic E-state index is 0.0271. The van der Waals surface area contributed by atoms with Crippen molar-refractivity contribution >= 4 is 15.9 Å². The zero-order valence-corrected chi connectivity index (χ0v) is 15.1. The Bertz CT molecular complexity index is 925. The van der Waals surface area contributed by atoms with Gasteiger partial charge in [-0.15, -0.1) is 6.42 Å². The second-order valence-corrected chi connectivity index (χ2v) is 8.15. The summed E-state index contributed by atoms with van der Waals surface area (Å²) < 4.78 is 26.3. The van der Waals surface area contributed by atoms with Gasteiger partial charge in [0.25, 0.3) is 5.91 Å². The summed E-state index contributed by atoms with van der Waals surface area (Å²) in [5, 5.41) is 2.96. The molecule has 6 heteroatoms. The van der Waals surface area contributed by atoms with Gasteiger partial charge in [-0.3, -0.25) is 4.79 Å². The minimum Gasteiger partial charge on any atom is -0.351 e. The Balaban J connectivity index is 1.63. The second kappa shape index (κ2) is 7.32. The molecule has 2 N–H and O–H groups in total. The highest BCUT2D eigenvalue weighted by atomic mass is 32.2. The summed E-state index contributed by atoms with van der Waals surface area (Å²) in [7, 11) is -3.65. The number of carbonyl (C=O) groups is 1. The van der Waals surface area contributed by atoms with Crippen LogP contribution >= 0.6 is 0 Å². The van der Waals surface area contributed by atoms with Crippen LogP contribution in [0.15, 0.2) is 59.5 Å². The number of carbonyl (C=O) groups excluding carboxylic acids is 1. The van der Waals surface area contributed by atoms with E-state index in [0.717, 1.165) is 12.8 Å². The molecule has 0 spiro atoms. The molecular weight excluding hydrogens is 348 g/mol. The van der Waals surface area contributed by atoms with E-state index >= 15 is 0 Å². The minimum atomic E-state index is -3.65. The van der Waals surface area contributed by atoms with Crippen molar-refractivity contribution in [3.05, 3.63) is 65.7 Å². The van der Waals surface area contributed by atoms with E-state index in [-0.39, 0.29) is 22.8 Å². The molecule has 0 bridgehead atoms. The van der Waals surface area contributed by atoms with E-state index in [1.807, 2.05) is 18.2 Å². The summed E-state index contributed by atoms with van der Waals surface area (Å²) >= 11 is 0. The maximum absolute atomic E-state index is 12.4. The Hall–Kier alpha value is -2.62. The Morgan fingerprint density at radius 1 is 1.08 bits per heavy atom. The van der Waals surface area contributed by atoms with Gasteiger partial charge in [0, 0.05) is 17.5 Å². The van der Waals surface area contributed by atoms with Crippen molar-refractivity contribution in [2.24, 2.45) is 0 Å². The second-order valence-electron chi connectivity index (χ2n) is 6.38. The zero-order chi connectivity index (χ0) is 18.6. The van der Waals surface area contributed by atoms with Crippen LogP contribution < -0.4 is 10.0 Å². The molecule has 0 aliphatic heterocycles. The van der Waals surface area contributed by atoms with Gasteiger partial charge in [-0.1, -0.05) is 36.3 Å². The van der Waals surface area contributed by atoms with E-state index in [1.165, 1.54) is 29.8 Å². The molecule has 2 aromatic carbocycles. The van der Waals surface area contributed by atoms with Crippen LogP contribution in [0.2, 0.25) is 0 Å². The maximum Gasteiger partial charge on any atom is 0.251 e. The molecule has 1 aliphatic carbocycles. The molecule has 1 amide bonds. The first-order chi connectivity index (χ1) is 12.5.